The van der Waals surface area contributed by atoms with Crippen LogP contribution in [0, 0.1) is 0 Å². The van der Waals surface area contributed by atoms with Crippen LogP contribution in [0.15, 0.2) is 12.1 Å². The lowest BCUT2D eigenvalue weighted by molar-refractivity contribution is 1.47. The molecule has 12 heavy (non-hydrogen) atoms. The molecule has 2 nitrogen and oxygen atoms in total. The molecule has 1 aromatic carbocycles. The zero-order chi connectivity index (χ0) is 9.14. The normalized spacial score (nSPS) is 9.67. The molecule has 4 heteroatoms. The van der Waals surface area contributed by atoms with Crippen molar-refractivity contribution in [3.63, 3.8) is 0 Å². The fraction of sp³-hybridized carbons (Fsp3) is 0.250. The lowest BCUT2D eigenvalue weighted by atomic mass is 10.3. The van der Waals surface area contributed by atoms with E-state index in [1.807, 2.05) is 12.1 Å². The van der Waals surface area contributed by atoms with E-state index < -0.39 is 0 Å². The van der Waals surface area contributed by atoms with Gasteiger partial charge in [0, 0.05) is 14.1 Å². The molecule has 0 aliphatic rings. The first kappa shape index (κ1) is 9.49. The van der Waals surface area contributed by atoms with E-state index in [4.69, 9.17) is 23.2 Å². The van der Waals surface area contributed by atoms with Crippen LogP contribution in [0.3, 0.4) is 0 Å². The minimum Gasteiger partial charge on any atom is -0.387 e. The monoisotopic (exact) mass is 204 g/mol. The number of rotatable bonds is 2. The molecule has 0 atom stereocenters. The van der Waals surface area contributed by atoms with E-state index in [1.54, 1.807) is 14.1 Å². The molecular formula is C8H10Cl2N2. The van der Waals surface area contributed by atoms with Crippen LogP contribution >= 0.6 is 23.2 Å². The lowest BCUT2D eigenvalue weighted by Crippen LogP contribution is -1.93. The maximum atomic E-state index is 5.94. The van der Waals surface area contributed by atoms with Gasteiger partial charge in [0.1, 0.15) is 0 Å². The number of halogens is 2. The third-order valence-corrected chi connectivity index (χ3v) is 2.50. The van der Waals surface area contributed by atoms with Gasteiger partial charge in [-0.1, -0.05) is 23.2 Å². The van der Waals surface area contributed by atoms with Crippen molar-refractivity contribution in [3.05, 3.63) is 22.2 Å². The Labute approximate surface area is 81.9 Å². The average molecular weight is 205 g/mol. The van der Waals surface area contributed by atoms with Crippen LogP contribution in [0.4, 0.5) is 11.4 Å². The van der Waals surface area contributed by atoms with E-state index in [1.165, 1.54) is 0 Å². The number of benzene rings is 1. The molecule has 0 aromatic heterocycles. The minimum absolute atomic E-state index is 0.547. The predicted molar refractivity (Wildman–Crippen MR) is 55.6 cm³/mol. The van der Waals surface area contributed by atoms with Gasteiger partial charge in [-0.15, -0.1) is 0 Å². The van der Waals surface area contributed by atoms with Crippen molar-refractivity contribution < 1.29 is 0 Å². The maximum Gasteiger partial charge on any atom is 0.0844 e. The predicted octanol–water partition coefficient (Wildman–Crippen LogP) is 3.08. The van der Waals surface area contributed by atoms with Crippen molar-refractivity contribution in [3.8, 4) is 0 Å². The van der Waals surface area contributed by atoms with E-state index in [2.05, 4.69) is 10.6 Å². The molecule has 0 spiro atoms. The Kier molecular flexibility index (Phi) is 3.06. The molecule has 0 amide bonds. The Balaban J connectivity index is 3.20. The zero-order valence-corrected chi connectivity index (χ0v) is 8.42. The van der Waals surface area contributed by atoms with Gasteiger partial charge < -0.3 is 10.6 Å². The van der Waals surface area contributed by atoms with Crippen molar-refractivity contribution >= 4 is 34.6 Å². The molecule has 0 saturated carbocycles. The third kappa shape index (κ3) is 1.59. The van der Waals surface area contributed by atoms with Crippen LogP contribution in [-0.4, -0.2) is 14.1 Å². The van der Waals surface area contributed by atoms with Crippen LogP contribution in [0.2, 0.25) is 10.0 Å². The summed E-state index contributed by atoms with van der Waals surface area (Å²) < 4.78 is 0. The van der Waals surface area contributed by atoms with Crippen LogP contribution in [0.25, 0.3) is 0 Å². The van der Waals surface area contributed by atoms with Gasteiger partial charge in [-0.05, 0) is 12.1 Å². The number of hydrogen-bond donors (Lipinski definition) is 2. The van der Waals surface area contributed by atoms with Crippen molar-refractivity contribution in [2.45, 2.75) is 0 Å². The van der Waals surface area contributed by atoms with Crippen molar-refractivity contribution in [2.24, 2.45) is 0 Å². The highest BCUT2D eigenvalue weighted by Crippen LogP contribution is 2.35. The maximum absolute atomic E-state index is 5.94. The first-order valence-electron chi connectivity index (χ1n) is 3.54. The molecule has 66 valence electrons. The summed E-state index contributed by atoms with van der Waals surface area (Å²) >= 11 is 11.9. The molecule has 1 rings (SSSR count). The summed E-state index contributed by atoms with van der Waals surface area (Å²) in [6.45, 7) is 0. The quantitative estimate of drug-likeness (QED) is 0.775. The molecule has 0 unspecified atom stereocenters. The van der Waals surface area contributed by atoms with E-state index in [0.717, 1.165) is 11.4 Å². The molecule has 1 aromatic rings. The topological polar surface area (TPSA) is 24.1 Å². The van der Waals surface area contributed by atoms with E-state index in [0.29, 0.717) is 10.0 Å². The van der Waals surface area contributed by atoms with Gasteiger partial charge in [0.2, 0.25) is 0 Å². The highest BCUT2D eigenvalue weighted by atomic mass is 35.5. The fourth-order valence-electron chi connectivity index (χ4n) is 0.936. The minimum atomic E-state index is 0.547. The van der Waals surface area contributed by atoms with Crippen molar-refractivity contribution in [1.29, 1.82) is 0 Å². The van der Waals surface area contributed by atoms with Crippen LogP contribution in [-0.2, 0) is 0 Å². The Morgan fingerprint density at radius 1 is 0.917 bits per heavy atom. The van der Waals surface area contributed by atoms with Gasteiger partial charge in [-0.25, -0.2) is 0 Å². The smallest absolute Gasteiger partial charge is 0.0844 e. The van der Waals surface area contributed by atoms with Gasteiger partial charge >= 0.3 is 0 Å². The molecule has 0 radical (unpaired) electrons. The zero-order valence-electron chi connectivity index (χ0n) is 6.91. The number of hydrogen-bond acceptors (Lipinski definition) is 2. The summed E-state index contributed by atoms with van der Waals surface area (Å²) in [6, 6.07) is 3.75. The lowest BCUT2D eigenvalue weighted by Gasteiger charge is -2.08. The highest BCUT2D eigenvalue weighted by Gasteiger charge is 2.06. The van der Waals surface area contributed by atoms with Crippen molar-refractivity contribution in [2.75, 3.05) is 24.7 Å². The largest absolute Gasteiger partial charge is 0.387 e. The molecular weight excluding hydrogens is 195 g/mol. The van der Waals surface area contributed by atoms with E-state index in [9.17, 15) is 0 Å². The Morgan fingerprint density at radius 3 is 1.50 bits per heavy atom. The highest BCUT2D eigenvalue weighted by molar-refractivity contribution is 6.45. The van der Waals surface area contributed by atoms with Crippen molar-refractivity contribution in [1.82, 2.24) is 0 Å². The molecule has 0 aliphatic heterocycles. The van der Waals surface area contributed by atoms with Crippen LogP contribution in [0.5, 0.6) is 0 Å². The Bertz CT molecular complexity index is 258. The summed E-state index contributed by atoms with van der Waals surface area (Å²) in [7, 11) is 3.60. The summed E-state index contributed by atoms with van der Waals surface area (Å²) in [6.07, 6.45) is 0. The molecule has 0 heterocycles. The first-order valence-corrected chi connectivity index (χ1v) is 4.29. The van der Waals surface area contributed by atoms with Crippen LogP contribution in [0.1, 0.15) is 0 Å². The first-order chi connectivity index (χ1) is 5.70. The number of nitrogens with one attached hydrogen (secondary N) is 2. The summed E-state index contributed by atoms with van der Waals surface area (Å²) in [5.41, 5.74) is 1.67. The van der Waals surface area contributed by atoms with Gasteiger partial charge in [-0.3, -0.25) is 0 Å². The van der Waals surface area contributed by atoms with E-state index >= 15 is 0 Å². The molecule has 0 fully saturated rings. The second-order valence-electron chi connectivity index (χ2n) is 2.29. The molecule has 0 aliphatic carbocycles. The Morgan fingerprint density at radius 2 is 1.25 bits per heavy atom. The summed E-state index contributed by atoms with van der Waals surface area (Å²) in [5, 5.41) is 6.98. The van der Waals surface area contributed by atoms with E-state index in [-0.39, 0.29) is 0 Å². The second-order valence-corrected chi connectivity index (χ2v) is 3.04. The Hall–Kier alpha value is -0.600. The second kappa shape index (κ2) is 3.87. The summed E-state index contributed by atoms with van der Waals surface area (Å²) in [5.74, 6) is 0. The molecule has 0 saturated heterocycles. The van der Waals surface area contributed by atoms with Crippen LogP contribution < -0.4 is 10.6 Å². The van der Waals surface area contributed by atoms with Gasteiger partial charge in [-0.2, -0.15) is 0 Å². The summed E-state index contributed by atoms with van der Waals surface area (Å²) in [4.78, 5) is 0. The molecule has 0 bridgehead atoms. The number of anilines is 2. The SMILES string of the molecule is CNc1ccc(NC)c(Cl)c1Cl. The third-order valence-electron chi connectivity index (χ3n) is 1.62. The average Bonchev–Trinajstić information content (AvgIpc) is 2.10. The standard InChI is InChI=1S/C8H10Cl2N2/c1-11-5-3-4-6(12-2)8(10)7(5)9/h3-4,11-12H,1-2H3. The fourth-order valence-corrected chi connectivity index (χ4v) is 1.45. The molecule has 2 N–H and O–H groups in total. The van der Waals surface area contributed by atoms with Gasteiger partial charge in [0.25, 0.3) is 0 Å². The van der Waals surface area contributed by atoms with Gasteiger partial charge in [0.05, 0.1) is 21.4 Å². The van der Waals surface area contributed by atoms with Gasteiger partial charge in [0.15, 0.2) is 0 Å².